The summed E-state index contributed by atoms with van der Waals surface area (Å²) < 4.78 is 15.9. The molecule has 1 N–H and O–H groups in total. The van der Waals surface area contributed by atoms with Gasteiger partial charge in [0, 0.05) is 31.6 Å². The molecule has 3 aromatic rings. The largest absolute Gasteiger partial charge is 0.503 e. The van der Waals surface area contributed by atoms with E-state index in [1.165, 1.54) is 12.0 Å². The van der Waals surface area contributed by atoms with Gasteiger partial charge in [0.2, 0.25) is 5.78 Å². The SMILES string of the molecule is COC(=O)c1ccc([C@H]2C(C(=O)c3cc4ccccc4o3)=C(O)C(=O)N2CCN2CCOCC2)cc1. The average Bonchev–Trinajstić information content (AvgIpc) is 3.46. The van der Waals surface area contributed by atoms with Crippen molar-refractivity contribution in [2.45, 2.75) is 6.04 Å². The van der Waals surface area contributed by atoms with Crippen LogP contribution in [0.4, 0.5) is 0 Å². The highest BCUT2D eigenvalue weighted by Crippen LogP contribution is 2.39. The van der Waals surface area contributed by atoms with Crippen molar-refractivity contribution in [3.05, 3.63) is 82.8 Å². The van der Waals surface area contributed by atoms with Crippen LogP contribution in [0.1, 0.15) is 32.5 Å². The molecule has 186 valence electrons. The van der Waals surface area contributed by atoms with Crippen LogP contribution < -0.4 is 0 Å². The Labute approximate surface area is 207 Å². The highest BCUT2D eigenvalue weighted by Gasteiger charge is 2.44. The molecule has 5 rings (SSSR count). The maximum Gasteiger partial charge on any atom is 0.337 e. The van der Waals surface area contributed by atoms with Gasteiger partial charge in [0.15, 0.2) is 11.5 Å². The lowest BCUT2D eigenvalue weighted by atomic mass is 9.94. The predicted octanol–water partition coefficient (Wildman–Crippen LogP) is 3.13. The number of morpholine rings is 1. The number of esters is 1. The Bertz CT molecular complexity index is 1300. The lowest BCUT2D eigenvalue weighted by molar-refractivity contribution is -0.129. The van der Waals surface area contributed by atoms with Crippen LogP contribution >= 0.6 is 0 Å². The average molecular weight is 491 g/mol. The van der Waals surface area contributed by atoms with E-state index in [1.54, 1.807) is 42.5 Å². The summed E-state index contributed by atoms with van der Waals surface area (Å²) in [7, 11) is 1.30. The molecule has 0 spiro atoms. The van der Waals surface area contributed by atoms with Gasteiger partial charge in [-0.2, -0.15) is 0 Å². The Morgan fingerprint density at radius 3 is 2.47 bits per heavy atom. The number of methoxy groups -OCH3 is 1. The van der Waals surface area contributed by atoms with Crippen LogP contribution in [0.3, 0.4) is 0 Å². The molecule has 1 saturated heterocycles. The molecule has 2 aromatic carbocycles. The fourth-order valence-electron chi connectivity index (χ4n) is 4.68. The molecule has 1 amide bonds. The smallest absolute Gasteiger partial charge is 0.337 e. The summed E-state index contributed by atoms with van der Waals surface area (Å²) in [4.78, 5) is 42.4. The summed E-state index contributed by atoms with van der Waals surface area (Å²) in [6, 6.07) is 14.4. The van der Waals surface area contributed by atoms with E-state index >= 15 is 0 Å². The number of hydrogen-bond donors (Lipinski definition) is 1. The summed E-state index contributed by atoms with van der Waals surface area (Å²) in [6.45, 7) is 3.57. The molecular formula is C27H26N2O7. The molecule has 3 heterocycles. The number of fused-ring (bicyclic) bond motifs is 1. The molecule has 0 radical (unpaired) electrons. The second kappa shape index (κ2) is 9.96. The van der Waals surface area contributed by atoms with E-state index in [0.717, 1.165) is 18.5 Å². The molecule has 2 aliphatic rings. The van der Waals surface area contributed by atoms with Gasteiger partial charge < -0.3 is 23.9 Å². The molecule has 0 aliphatic carbocycles. The van der Waals surface area contributed by atoms with E-state index in [-0.39, 0.29) is 11.3 Å². The van der Waals surface area contributed by atoms with Gasteiger partial charge >= 0.3 is 5.97 Å². The summed E-state index contributed by atoms with van der Waals surface area (Å²) in [5.41, 5.74) is 1.41. The number of Topliss-reactive ketones (excluding diaryl/α,β-unsaturated/α-hetero) is 1. The van der Waals surface area contributed by atoms with Gasteiger partial charge in [-0.1, -0.05) is 30.3 Å². The Morgan fingerprint density at radius 2 is 1.78 bits per heavy atom. The molecule has 1 fully saturated rings. The quantitative estimate of drug-likeness (QED) is 0.397. The van der Waals surface area contributed by atoms with E-state index in [4.69, 9.17) is 13.9 Å². The first-order valence-corrected chi connectivity index (χ1v) is 11.7. The van der Waals surface area contributed by atoms with E-state index in [9.17, 15) is 19.5 Å². The number of amides is 1. The first-order valence-electron chi connectivity index (χ1n) is 11.7. The molecule has 9 nitrogen and oxygen atoms in total. The number of benzene rings is 2. The Hall–Kier alpha value is -3.95. The van der Waals surface area contributed by atoms with Crippen molar-refractivity contribution in [1.29, 1.82) is 0 Å². The van der Waals surface area contributed by atoms with Crippen LogP contribution in [0.25, 0.3) is 11.0 Å². The molecule has 9 heteroatoms. The minimum absolute atomic E-state index is 0.0387. The van der Waals surface area contributed by atoms with Crippen molar-refractivity contribution in [3.8, 4) is 0 Å². The van der Waals surface area contributed by atoms with Crippen LogP contribution in [0, 0.1) is 0 Å². The molecule has 0 bridgehead atoms. The van der Waals surface area contributed by atoms with Crippen molar-refractivity contribution in [3.63, 3.8) is 0 Å². The van der Waals surface area contributed by atoms with Crippen LogP contribution in [0.5, 0.6) is 0 Å². The zero-order valence-electron chi connectivity index (χ0n) is 19.8. The molecule has 0 saturated carbocycles. The monoisotopic (exact) mass is 490 g/mol. The number of nitrogens with zero attached hydrogens (tertiary/aromatic N) is 2. The van der Waals surface area contributed by atoms with Crippen LogP contribution in [0.15, 0.2) is 70.3 Å². The first kappa shape index (κ1) is 23.8. The lowest BCUT2D eigenvalue weighted by Crippen LogP contribution is -2.43. The second-order valence-electron chi connectivity index (χ2n) is 8.71. The number of furan rings is 1. The van der Waals surface area contributed by atoms with Gasteiger partial charge in [-0.25, -0.2) is 4.79 Å². The Kier molecular flexibility index (Phi) is 6.58. The van der Waals surface area contributed by atoms with Crippen molar-refractivity contribution in [2.24, 2.45) is 0 Å². The van der Waals surface area contributed by atoms with Gasteiger partial charge in [-0.15, -0.1) is 0 Å². The van der Waals surface area contributed by atoms with Gasteiger partial charge in [-0.3, -0.25) is 14.5 Å². The van der Waals surface area contributed by atoms with E-state index in [2.05, 4.69) is 4.90 Å². The Balaban J connectivity index is 1.50. The maximum atomic E-state index is 13.6. The van der Waals surface area contributed by atoms with Crippen LogP contribution in [0.2, 0.25) is 0 Å². The molecule has 36 heavy (non-hydrogen) atoms. The van der Waals surface area contributed by atoms with E-state index < -0.39 is 29.5 Å². The van der Waals surface area contributed by atoms with Crippen molar-refractivity contribution in [2.75, 3.05) is 46.5 Å². The highest BCUT2D eigenvalue weighted by atomic mass is 16.5. The number of ketones is 1. The normalized spacial score (nSPS) is 18.8. The molecule has 1 atom stereocenters. The summed E-state index contributed by atoms with van der Waals surface area (Å²) >= 11 is 0. The second-order valence-corrected chi connectivity index (χ2v) is 8.71. The summed E-state index contributed by atoms with van der Waals surface area (Å²) in [5.74, 6) is -2.23. The molecule has 0 unspecified atom stereocenters. The van der Waals surface area contributed by atoms with Gasteiger partial charge in [-0.05, 0) is 29.8 Å². The predicted molar refractivity (Wildman–Crippen MR) is 130 cm³/mol. The number of ether oxygens (including phenoxy) is 2. The van der Waals surface area contributed by atoms with Crippen molar-refractivity contribution >= 4 is 28.6 Å². The third kappa shape index (κ3) is 4.38. The lowest BCUT2D eigenvalue weighted by Gasteiger charge is -2.31. The minimum atomic E-state index is -0.842. The standard InChI is InChI=1S/C27H26N2O7/c1-34-27(33)18-8-6-17(7-9-18)23-22(24(30)21-16-19-4-2-3-5-20(19)36-21)25(31)26(32)29(23)11-10-28-12-14-35-15-13-28/h2-9,16,23,31H,10-15H2,1H3/t23-/m0/s1. The van der Waals surface area contributed by atoms with Gasteiger partial charge in [0.05, 0.1) is 37.5 Å². The highest BCUT2D eigenvalue weighted by molar-refractivity contribution is 6.16. The molecule has 2 aliphatic heterocycles. The number of hydrogen-bond acceptors (Lipinski definition) is 8. The number of aliphatic hydroxyl groups is 1. The maximum absolute atomic E-state index is 13.6. The number of carbonyl (C=O) groups excluding carboxylic acids is 3. The van der Waals surface area contributed by atoms with Gasteiger partial charge in [0.1, 0.15) is 5.58 Å². The number of aliphatic hydroxyl groups excluding tert-OH is 1. The zero-order valence-corrected chi connectivity index (χ0v) is 19.8. The topological polar surface area (TPSA) is 110 Å². The number of rotatable bonds is 7. The van der Waals surface area contributed by atoms with Crippen molar-refractivity contribution in [1.82, 2.24) is 9.80 Å². The first-order chi connectivity index (χ1) is 17.5. The molecule has 1 aromatic heterocycles. The van der Waals surface area contributed by atoms with Crippen LogP contribution in [-0.2, 0) is 14.3 Å². The summed E-state index contributed by atoms with van der Waals surface area (Å²) in [6.07, 6.45) is 0. The fraction of sp³-hybridized carbons (Fsp3) is 0.296. The van der Waals surface area contributed by atoms with E-state index in [0.29, 0.717) is 43.0 Å². The Morgan fingerprint density at radius 1 is 1.06 bits per heavy atom. The molecular weight excluding hydrogens is 464 g/mol. The van der Waals surface area contributed by atoms with E-state index in [1.807, 2.05) is 12.1 Å². The summed E-state index contributed by atoms with van der Waals surface area (Å²) in [5, 5.41) is 11.6. The van der Waals surface area contributed by atoms with Crippen LogP contribution in [-0.4, -0.2) is 79.1 Å². The van der Waals surface area contributed by atoms with Gasteiger partial charge in [0.25, 0.3) is 5.91 Å². The minimum Gasteiger partial charge on any atom is -0.503 e. The van der Waals surface area contributed by atoms with Crippen molar-refractivity contribution < 1.29 is 33.4 Å². The third-order valence-corrected chi connectivity index (χ3v) is 6.61. The fourth-order valence-corrected chi connectivity index (χ4v) is 4.68. The number of carbonyl (C=O) groups is 3. The third-order valence-electron chi connectivity index (χ3n) is 6.61. The number of para-hydroxylation sites is 1. The zero-order chi connectivity index (χ0) is 25.2.